The van der Waals surface area contributed by atoms with Crippen LogP contribution in [0.2, 0.25) is 0 Å². The smallest absolute Gasteiger partial charge is 0.127 e. The number of anilines is 2. The molecule has 3 N–H and O–H groups in total. The molecule has 3 aromatic carbocycles. The van der Waals surface area contributed by atoms with Gasteiger partial charge in [0.05, 0.1) is 23.5 Å². The summed E-state index contributed by atoms with van der Waals surface area (Å²) in [6.07, 6.45) is 2.04. The third kappa shape index (κ3) is 3.52. The normalized spacial score (nSPS) is 18.7. The molecule has 1 fully saturated rings. The van der Waals surface area contributed by atoms with Crippen molar-refractivity contribution in [2.45, 2.75) is 24.9 Å². The second-order valence-electron chi connectivity index (χ2n) is 7.82. The lowest BCUT2D eigenvalue weighted by atomic mass is 9.84. The zero-order valence-corrected chi connectivity index (χ0v) is 16.5. The summed E-state index contributed by atoms with van der Waals surface area (Å²) in [5.41, 5.74) is 5.88. The number of nitrogens with zero attached hydrogens (tertiary/aromatic N) is 1. The Kier molecular flexibility index (Phi) is 4.78. The van der Waals surface area contributed by atoms with Gasteiger partial charge in [-0.25, -0.2) is 0 Å². The van der Waals surface area contributed by atoms with Crippen LogP contribution in [-0.2, 0) is 6.54 Å². The van der Waals surface area contributed by atoms with Crippen LogP contribution in [0, 0.1) is 0 Å². The van der Waals surface area contributed by atoms with E-state index in [1.807, 2.05) is 0 Å². The first-order valence-corrected chi connectivity index (χ1v) is 10.4. The molecule has 3 aromatic rings. The number of piperidine rings is 1. The summed E-state index contributed by atoms with van der Waals surface area (Å²) in [7, 11) is 0. The highest BCUT2D eigenvalue weighted by Gasteiger charge is 2.40. The predicted octanol–water partition coefficient (Wildman–Crippen LogP) is 4.91. The van der Waals surface area contributed by atoms with Crippen molar-refractivity contribution in [3.63, 3.8) is 0 Å². The van der Waals surface area contributed by atoms with Gasteiger partial charge in [0.1, 0.15) is 5.84 Å². The topological polar surface area (TPSA) is 48.5 Å². The van der Waals surface area contributed by atoms with Gasteiger partial charge in [-0.1, -0.05) is 66.7 Å². The molecule has 4 nitrogen and oxygen atoms in total. The summed E-state index contributed by atoms with van der Waals surface area (Å²) in [6, 6.07) is 27.5. The highest BCUT2D eigenvalue weighted by molar-refractivity contribution is 6.09. The first-order chi connectivity index (χ1) is 14.3. The number of hydrogen-bond donors (Lipinski definition) is 3. The molecule has 1 saturated heterocycles. The number of benzene rings is 3. The second-order valence-corrected chi connectivity index (χ2v) is 7.82. The van der Waals surface area contributed by atoms with Crippen LogP contribution in [-0.4, -0.2) is 24.5 Å². The number of nitrogens with one attached hydrogen (secondary N) is 3. The van der Waals surface area contributed by atoms with Gasteiger partial charge in [0.25, 0.3) is 0 Å². The van der Waals surface area contributed by atoms with E-state index >= 15 is 0 Å². The van der Waals surface area contributed by atoms with Crippen LogP contribution in [0.5, 0.6) is 0 Å². The maximum Gasteiger partial charge on any atom is 0.127 e. The summed E-state index contributed by atoms with van der Waals surface area (Å²) >= 11 is 0. The SMILES string of the molecule is c1ccc(-c2ccccc2CN=C2Nc3ccccc3NC23CCNCC3)cc1. The molecule has 0 radical (unpaired) electrons. The number of hydrogen-bond acceptors (Lipinski definition) is 3. The fraction of sp³-hybridized carbons (Fsp3) is 0.240. The van der Waals surface area contributed by atoms with Gasteiger partial charge in [-0.3, -0.25) is 4.99 Å². The number of aliphatic imine (C=N–C) groups is 1. The Balaban J connectivity index is 1.50. The lowest BCUT2D eigenvalue weighted by Crippen LogP contribution is -2.57. The molecule has 146 valence electrons. The van der Waals surface area contributed by atoms with E-state index in [1.54, 1.807) is 0 Å². The van der Waals surface area contributed by atoms with Crippen LogP contribution in [0.4, 0.5) is 11.4 Å². The van der Waals surface area contributed by atoms with Crippen LogP contribution in [0.1, 0.15) is 18.4 Å². The molecule has 0 amide bonds. The molecule has 2 aliphatic heterocycles. The van der Waals surface area contributed by atoms with Crippen molar-refractivity contribution in [3.8, 4) is 11.1 Å². The Morgan fingerprint density at radius 2 is 1.45 bits per heavy atom. The lowest BCUT2D eigenvalue weighted by Gasteiger charge is -2.44. The van der Waals surface area contributed by atoms with E-state index in [0.29, 0.717) is 6.54 Å². The minimum absolute atomic E-state index is 0.124. The Labute approximate surface area is 172 Å². The molecule has 0 atom stereocenters. The van der Waals surface area contributed by atoms with Crippen LogP contribution in [0.3, 0.4) is 0 Å². The highest BCUT2D eigenvalue weighted by Crippen LogP contribution is 2.36. The van der Waals surface area contributed by atoms with Crippen molar-refractivity contribution < 1.29 is 0 Å². The third-order valence-corrected chi connectivity index (χ3v) is 5.97. The van der Waals surface area contributed by atoms with Gasteiger partial charge in [-0.05, 0) is 54.8 Å². The Morgan fingerprint density at radius 3 is 2.28 bits per heavy atom. The standard InChI is InChI=1S/C25H26N4/c1-2-8-19(9-3-1)21-11-5-4-10-20(21)18-27-24-25(14-16-26-17-15-25)29-23-13-7-6-12-22(23)28-24/h1-13,26,29H,14-18H2,(H,27,28). The molecule has 0 saturated carbocycles. The van der Waals surface area contributed by atoms with E-state index < -0.39 is 0 Å². The number of amidine groups is 1. The summed E-state index contributed by atoms with van der Waals surface area (Å²) in [6.45, 7) is 2.65. The van der Waals surface area contributed by atoms with Gasteiger partial charge in [-0.15, -0.1) is 0 Å². The average Bonchev–Trinajstić information content (AvgIpc) is 2.79. The van der Waals surface area contributed by atoms with Gasteiger partial charge in [-0.2, -0.15) is 0 Å². The average molecular weight is 383 g/mol. The summed E-state index contributed by atoms with van der Waals surface area (Å²) in [5.74, 6) is 1.06. The van der Waals surface area contributed by atoms with E-state index in [-0.39, 0.29) is 5.54 Å². The minimum Gasteiger partial charge on any atom is -0.371 e. The van der Waals surface area contributed by atoms with Crippen molar-refractivity contribution in [2.75, 3.05) is 23.7 Å². The molecule has 5 rings (SSSR count). The lowest BCUT2D eigenvalue weighted by molar-refractivity contribution is 0.419. The molecule has 2 heterocycles. The second kappa shape index (κ2) is 7.72. The minimum atomic E-state index is -0.124. The highest BCUT2D eigenvalue weighted by atomic mass is 15.2. The Morgan fingerprint density at radius 1 is 0.759 bits per heavy atom. The van der Waals surface area contributed by atoms with Gasteiger partial charge >= 0.3 is 0 Å². The first-order valence-electron chi connectivity index (χ1n) is 10.4. The van der Waals surface area contributed by atoms with Crippen molar-refractivity contribution in [2.24, 2.45) is 4.99 Å². The maximum atomic E-state index is 5.13. The van der Waals surface area contributed by atoms with Gasteiger partial charge in [0, 0.05) is 0 Å². The Bertz CT molecular complexity index is 1020. The molecule has 2 aliphatic rings. The maximum absolute atomic E-state index is 5.13. The predicted molar refractivity (Wildman–Crippen MR) is 122 cm³/mol. The summed E-state index contributed by atoms with van der Waals surface area (Å²) in [5, 5.41) is 10.9. The molecule has 0 aliphatic carbocycles. The van der Waals surface area contributed by atoms with Crippen molar-refractivity contribution in [1.29, 1.82) is 0 Å². The molecule has 1 spiro atoms. The van der Waals surface area contributed by atoms with Gasteiger partial charge in [0.15, 0.2) is 0 Å². The van der Waals surface area contributed by atoms with E-state index in [4.69, 9.17) is 4.99 Å². The van der Waals surface area contributed by atoms with Crippen LogP contribution in [0.15, 0.2) is 83.9 Å². The molecule has 4 heteroatoms. The number of fused-ring (bicyclic) bond motifs is 1. The largest absolute Gasteiger partial charge is 0.371 e. The number of rotatable bonds is 3. The molecule has 0 unspecified atom stereocenters. The first kappa shape index (κ1) is 18.0. The van der Waals surface area contributed by atoms with Crippen molar-refractivity contribution in [3.05, 3.63) is 84.4 Å². The summed E-state index contributed by atoms with van der Waals surface area (Å²) in [4.78, 5) is 5.13. The monoisotopic (exact) mass is 382 g/mol. The molecular formula is C25H26N4. The van der Waals surface area contributed by atoms with Crippen LogP contribution < -0.4 is 16.0 Å². The van der Waals surface area contributed by atoms with Crippen LogP contribution >= 0.6 is 0 Å². The fourth-order valence-electron chi connectivity index (χ4n) is 4.39. The van der Waals surface area contributed by atoms with Crippen molar-refractivity contribution in [1.82, 2.24) is 5.32 Å². The fourth-order valence-corrected chi connectivity index (χ4v) is 4.39. The van der Waals surface area contributed by atoms with E-state index in [9.17, 15) is 0 Å². The summed E-state index contributed by atoms with van der Waals surface area (Å²) < 4.78 is 0. The molecular weight excluding hydrogens is 356 g/mol. The van der Waals surface area contributed by atoms with Crippen LogP contribution in [0.25, 0.3) is 11.1 Å². The zero-order chi connectivity index (χ0) is 19.5. The van der Waals surface area contributed by atoms with E-state index in [2.05, 4.69) is 94.8 Å². The molecule has 0 aromatic heterocycles. The molecule has 0 bridgehead atoms. The molecule has 29 heavy (non-hydrogen) atoms. The zero-order valence-electron chi connectivity index (χ0n) is 16.5. The van der Waals surface area contributed by atoms with Crippen molar-refractivity contribution >= 4 is 17.2 Å². The Hall–Kier alpha value is -3.11. The van der Waals surface area contributed by atoms with Gasteiger partial charge in [0.2, 0.25) is 0 Å². The third-order valence-electron chi connectivity index (χ3n) is 5.97. The van der Waals surface area contributed by atoms with Gasteiger partial charge < -0.3 is 16.0 Å². The van der Waals surface area contributed by atoms with E-state index in [0.717, 1.165) is 43.1 Å². The van der Waals surface area contributed by atoms with E-state index in [1.165, 1.54) is 16.7 Å². The number of para-hydroxylation sites is 2. The quantitative estimate of drug-likeness (QED) is 0.603.